The van der Waals surface area contributed by atoms with Gasteiger partial charge in [-0.1, -0.05) is 15.9 Å². The first-order valence-electron chi connectivity index (χ1n) is 5.06. The van der Waals surface area contributed by atoms with Crippen molar-refractivity contribution in [2.45, 2.75) is 13.5 Å². The van der Waals surface area contributed by atoms with Gasteiger partial charge in [-0.15, -0.1) is 0 Å². The van der Waals surface area contributed by atoms with Crippen LogP contribution in [0.1, 0.15) is 11.1 Å². The van der Waals surface area contributed by atoms with Crippen LogP contribution >= 0.6 is 15.9 Å². The summed E-state index contributed by atoms with van der Waals surface area (Å²) in [5.41, 5.74) is 6.11. The number of hydrogen-bond donors (Lipinski definition) is 3. The number of halogens is 1. The highest BCUT2D eigenvalue weighted by Gasteiger charge is 2.11. The van der Waals surface area contributed by atoms with E-state index in [0.717, 1.165) is 10.0 Å². The number of nitrogens with two attached hydrogens (primary N) is 1. The molecule has 0 aliphatic heterocycles. The minimum Gasteiger partial charge on any atom is -0.483 e. The van der Waals surface area contributed by atoms with Gasteiger partial charge < -0.3 is 15.6 Å². The van der Waals surface area contributed by atoms with Gasteiger partial charge in [0.15, 0.2) is 6.61 Å². The Morgan fingerprint density at radius 3 is 2.72 bits per heavy atom. The van der Waals surface area contributed by atoms with Crippen molar-refractivity contribution in [1.82, 2.24) is 5.32 Å². The molecule has 0 fully saturated rings. The van der Waals surface area contributed by atoms with Crippen molar-refractivity contribution in [3.8, 4) is 5.75 Å². The van der Waals surface area contributed by atoms with Crippen molar-refractivity contribution in [2.75, 3.05) is 6.61 Å². The van der Waals surface area contributed by atoms with Crippen molar-refractivity contribution < 1.29 is 19.4 Å². The highest BCUT2D eigenvalue weighted by molar-refractivity contribution is 9.10. The highest BCUT2D eigenvalue weighted by atomic mass is 79.9. The fourth-order valence-corrected chi connectivity index (χ4v) is 2.05. The van der Waals surface area contributed by atoms with Gasteiger partial charge in [-0.3, -0.25) is 10.1 Å². The predicted octanol–water partition coefficient (Wildman–Crippen LogP) is 0.824. The number of carbonyl (C=O) groups excluding carboxylic acids is 2. The molecule has 98 valence electrons. The average Bonchev–Trinajstić information content (AvgIpc) is 2.25. The molecule has 0 bridgehead atoms. The molecule has 0 aliphatic rings. The second kappa shape index (κ2) is 6.36. The third kappa shape index (κ3) is 4.01. The quantitative estimate of drug-likeness (QED) is 0.765. The van der Waals surface area contributed by atoms with E-state index in [-0.39, 0.29) is 13.2 Å². The van der Waals surface area contributed by atoms with Crippen LogP contribution in [0.3, 0.4) is 0 Å². The third-order valence-electron chi connectivity index (χ3n) is 2.10. The van der Waals surface area contributed by atoms with Crippen molar-refractivity contribution in [3.63, 3.8) is 0 Å². The standard InChI is InChI=1S/C11H13BrN2O4/c1-6-2-8(12)3-7(4-15)10(6)18-5-9(16)14-11(13)17/h2-3,15H,4-5H2,1H3,(H3,13,14,16,17). The molecule has 4 N–H and O–H groups in total. The van der Waals surface area contributed by atoms with Crippen LogP contribution in [0.4, 0.5) is 4.79 Å². The molecule has 0 spiro atoms. The lowest BCUT2D eigenvalue weighted by Crippen LogP contribution is -2.38. The molecular weight excluding hydrogens is 304 g/mol. The summed E-state index contributed by atoms with van der Waals surface area (Å²) in [7, 11) is 0. The Morgan fingerprint density at radius 2 is 2.17 bits per heavy atom. The number of carbonyl (C=O) groups is 2. The van der Waals surface area contributed by atoms with E-state index in [0.29, 0.717) is 11.3 Å². The van der Waals surface area contributed by atoms with E-state index in [2.05, 4.69) is 15.9 Å². The second-order valence-electron chi connectivity index (χ2n) is 3.57. The van der Waals surface area contributed by atoms with Gasteiger partial charge in [0.25, 0.3) is 5.91 Å². The first-order valence-corrected chi connectivity index (χ1v) is 5.85. The van der Waals surface area contributed by atoms with Gasteiger partial charge in [0.2, 0.25) is 0 Å². The van der Waals surface area contributed by atoms with Gasteiger partial charge in [0.1, 0.15) is 5.75 Å². The number of aliphatic hydroxyl groups excluding tert-OH is 1. The van der Waals surface area contributed by atoms with Crippen molar-refractivity contribution in [3.05, 3.63) is 27.7 Å². The van der Waals surface area contributed by atoms with Crippen molar-refractivity contribution >= 4 is 27.9 Å². The van der Waals surface area contributed by atoms with Gasteiger partial charge in [0.05, 0.1) is 6.61 Å². The molecule has 0 aromatic heterocycles. The van der Waals surface area contributed by atoms with Crippen LogP contribution in [-0.4, -0.2) is 23.7 Å². The summed E-state index contributed by atoms with van der Waals surface area (Å²) in [6.07, 6.45) is 0. The fraction of sp³-hybridized carbons (Fsp3) is 0.273. The van der Waals surface area contributed by atoms with E-state index >= 15 is 0 Å². The summed E-state index contributed by atoms with van der Waals surface area (Å²) in [4.78, 5) is 21.6. The van der Waals surface area contributed by atoms with E-state index in [9.17, 15) is 14.7 Å². The van der Waals surface area contributed by atoms with Gasteiger partial charge in [-0.05, 0) is 24.6 Å². The number of rotatable bonds is 4. The first kappa shape index (κ1) is 14.5. The Bertz CT molecular complexity index is 476. The summed E-state index contributed by atoms with van der Waals surface area (Å²) >= 11 is 3.29. The zero-order valence-electron chi connectivity index (χ0n) is 9.70. The van der Waals surface area contributed by atoms with Gasteiger partial charge in [0, 0.05) is 10.0 Å². The zero-order valence-corrected chi connectivity index (χ0v) is 11.3. The average molecular weight is 317 g/mol. The first-order chi connectivity index (χ1) is 8.43. The van der Waals surface area contributed by atoms with Crippen LogP contribution in [0.25, 0.3) is 0 Å². The van der Waals surface area contributed by atoms with Crippen LogP contribution in [0.2, 0.25) is 0 Å². The Balaban J connectivity index is 2.78. The van der Waals surface area contributed by atoms with Crippen LogP contribution in [0, 0.1) is 6.92 Å². The second-order valence-corrected chi connectivity index (χ2v) is 4.49. The van der Waals surface area contributed by atoms with E-state index < -0.39 is 11.9 Å². The maximum Gasteiger partial charge on any atom is 0.318 e. The van der Waals surface area contributed by atoms with E-state index in [1.807, 2.05) is 5.32 Å². The Hall–Kier alpha value is -1.60. The van der Waals surface area contributed by atoms with Crippen LogP contribution in [0.5, 0.6) is 5.75 Å². The van der Waals surface area contributed by atoms with E-state index in [1.54, 1.807) is 19.1 Å². The fourth-order valence-electron chi connectivity index (χ4n) is 1.43. The lowest BCUT2D eigenvalue weighted by Gasteiger charge is -2.13. The highest BCUT2D eigenvalue weighted by Crippen LogP contribution is 2.28. The number of urea groups is 1. The smallest absolute Gasteiger partial charge is 0.318 e. The molecule has 0 saturated carbocycles. The maximum absolute atomic E-state index is 11.2. The molecular formula is C11H13BrN2O4. The molecule has 3 amide bonds. The minimum absolute atomic E-state index is 0.215. The van der Waals surface area contributed by atoms with Crippen LogP contribution in [-0.2, 0) is 11.4 Å². The predicted molar refractivity (Wildman–Crippen MR) is 68.0 cm³/mol. The summed E-state index contributed by atoms with van der Waals surface area (Å²) in [6, 6.07) is 2.55. The van der Waals surface area contributed by atoms with Gasteiger partial charge in [-0.25, -0.2) is 4.79 Å². The lowest BCUT2D eigenvalue weighted by molar-refractivity contribution is -0.121. The molecule has 0 heterocycles. The maximum atomic E-state index is 11.2. The molecule has 0 saturated heterocycles. The van der Waals surface area contributed by atoms with Crippen LogP contribution < -0.4 is 15.8 Å². The molecule has 0 atom stereocenters. The molecule has 7 heteroatoms. The Morgan fingerprint density at radius 1 is 1.50 bits per heavy atom. The number of ether oxygens (including phenoxy) is 1. The lowest BCUT2D eigenvalue weighted by atomic mass is 10.1. The third-order valence-corrected chi connectivity index (χ3v) is 2.55. The van der Waals surface area contributed by atoms with Gasteiger partial charge in [-0.2, -0.15) is 0 Å². The van der Waals surface area contributed by atoms with Crippen molar-refractivity contribution in [1.29, 1.82) is 0 Å². The minimum atomic E-state index is -0.932. The van der Waals surface area contributed by atoms with Crippen LogP contribution in [0.15, 0.2) is 16.6 Å². The number of aryl methyl sites for hydroxylation is 1. The molecule has 6 nitrogen and oxygen atoms in total. The zero-order chi connectivity index (χ0) is 13.7. The SMILES string of the molecule is Cc1cc(Br)cc(CO)c1OCC(=O)NC(N)=O. The number of primary amides is 1. The van der Waals surface area contributed by atoms with E-state index in [1.165, 1.54) is 0 Å². The number of amides is 3. The Kier molecular flexibility index (Phi) is 5.11. The summed E-state index contributed by atoms with van der Waals surface area (Å²) < 4.78 is 6.08. The normalized spacial score (nSPS) is 9.94. The number of aliphatic hydroxyl groups is 1. The number of hydrogen-bond acceptors (Lipinski definition) is 4. The molecule has 0 aliphatic carbocycles. The number of nitrogens with one attached hydrogen (secondary N) is 1. The van der Waals surface area contributed by atoms with E-state index in [4.69, 9.17) is 10.5 Å². The summed E-state index contributed by atoms with van der Waals surface area (Å²) in [5.74, 6) is -0.228. The monoisotopic (exact) mass is 316 g/mol. The molecule has 18 heavy (non-hydrogen) atoms. The van der Waals surface area contributed by atoms with Crippen molar-refractivity contribution in [2.24, 2.45) is 5.73 Å². The molecule has 1 aromatic carbocycles. The number of imide groups is 1. The Labute approximate surface area is 112 Å². The number of benzene rings is 1. The molecule has 0 unspecified atom stereocenters. The molecule has 1 rings (SSSR count). The summed E-state index contributed by atoms with van der Waals surface area (Å²) in [5, 5.41) is 11.1. The largest absolute Gasteiger partial charge is 0.483 e. The topological polar surface area (TPSA) is 102 Å². The summed E-state index contributed by atoms with van der Waals surface area (Å²) in [6.45, 7) is 1.22. The molecule has 0 radical (unpaired) electrons. The molecule has 1 aromatic rings. The van der Waals surface area contributed by atoms with Gasteiger partial charge >= 0.3 is 6.03 Å².